The fraction of sp³-hybridized carbons (Fsp3) is 0.333. The molecule has 8 N–H and O–H groups in total. The first-order valence-electron chi connectivity index (χ1n) is 7.41. The topological polar surface area (TPSA) is 265 Å². The van der Waals surface area contributed by atoms with Crippen molar-refractivity contribution in [3.8, 4) is 6.07 Å². The number of Topliss-reactive ketones (excluding diaryl/α,β-unsaturated/α-hetero) is 2. The third-order valence-corrected chi connectivity index (χ3v) is 2.79. The Kier molecular flexibility index (Phi) is 12.1. The first kappa shape index (κ1) is 26.9. The second kappa shape index (κ2) is 13.0. The first-order chi connectivity index (χ1) is 13.2. The summed E-state index contributed by atoms with van der Waals surface area (Å²) >= 11 is 0. The summed E-state index contributed by atoms with van der Waals surface area (Å²) in [6.45, 7) is 1.89. The van der Waals surface area contributed by atoms with Gasteiger partial charge in [-0.3, -0.25) is 24.0 Å². The van der Waals surface area contributed by atoms with E-state index >= 15 is 0 Å². The van der Waals surface area contributed by atoms with Crippen LogP contribution in [0.25, 0.3) is 0 Å². The van der Waals surface area contributed by atoms with Gasteiger partial charge in [-0.2, -0.15) is 5.26 Å². The second-order valence-electron chi connectivity index (χ2n) is 5.29. The molecule has 0 aromatic carbocycles. The van der Waals surface area contributed by atoms with E-state index < -0.39 is 78.8 Å². The van der Waals surface area contributed by atoms with E-state index in [1.165, 1.54) is 6.07 Å². The Morgan fingerprint density at radius 1 is 0.897 bits per heavy atom. The van der Waals surface area contributed by atoms with Crippen molar-refractivity contribution in [1.82, 2.24) is 4.90 Å². The predicted octanol–water partition coefficient (Wildman–Crippen LogP) is -2.89. The Labute approximate surface area is 163 Å². The zero-order valence-corrected chi connectivity index (χ0v) is 15.0. The van der Waals surface area contributed by atoms with Crippen LogP contribution in [0.3, 0.4) is 0 Å². The van der Waals surface area contributed by atoms with Crippen molar-refractivity contribution in [1.29, 1.82) is 5.26 Å². The molecule has 0 saturated heterocycles. The minimum absolute atomic E-state index is 0.525. The highest BCUT2D eigenvalue weighted by atomic mass is 16.4. The Morgan fingerprint density at radius 2 is 1.28 bits per heavy atom. The van der Waals surface area contributed by atoms with E-state index in [-0.39, 0.29) is 0 Å². The number of rotatable bonds is 11. The van der Waals surface area contributed by atoms with Crippen molar-refractivity contribution in [3.63, 3.8) is 0 Å². The Bertz CT molecular complexity index is 739. The van der Waals surface area contributed by atoms with E-state index in [9.17, 15) is 33.6 Å². The molecular weight excluding hydrogens is 394 g/mol. The van der Waals surface area contributed by atoms with Gasteiger partial charge in [-0.1, -0.05) is 6.58 Å². The highest BCUT2D eigenvalue weighted by Gasteiger charge is 2.24. The molecule has 0 rings (SSSR count). The van der Waals surface area contributed by atoms with Crippen LogP contribution >= 0.6 is 0 Å². The Balaban J connectivity index is 0. The molecule has 0 bridgehead atoms. The maximum Gasteiger partial charge on any atom is 0.332 e. The number of carbonyl (C=O) groups is 7. The lowest BCUT2D eigenvalue weighted by Gasteiger charge is -2.17. The summed E-state index contributed by atoms with van der Waals surface area (Å²) in [5.41, 5.74) is 13.9. The van der Waals surface area contributed by atoms with Gasteiger partial charge in [0, 0.05) is 0 Å². The SMILES string of the molecule is C=C(C(=O)O)C(C#N)C(=O)O.NC(=O)CC(=O)CN(CC(=O)CC(N)=O)C(N)=O. The van der Waals surface area contributed by atoms with Crippen molar-refractivity contribution in [3.05, 3.63) is 12.2 Å². The van der Waals surface area contributed by atoms with E-state index in [0.717, 1.165) is 0 Å². The fourth-order valence-electron chi connectivity index (χ4n) is 1.54. The van der Waals surface area contributed by atoms with Gasteiger partial charge in [0.05, 0.1) is 37.6 Å². The van der Waals surface area contributed by atoms with Gasteiger partial charge in [0.1, 0.15) is 0 Å². The van der Waals surface area contributed by atoms with Crippen LogP contribution in [-0.4, -0.2) is 69.6 Å². The molecule has 0 heterocycles. The molecule has 0 spiro atoms. The number of carbonyl (C=O) groups excluding carboxylic acids is 5. The smallest absolute Gasteiger partial charge is 0.332 e. The summed E-state index contributed by atoms with van der Waals surface area (Å²) in [5, 5.41) is 24.6. The number of carboxylic acid groups (broad SMARTS) is 2. The number of nitrogens with zero attached hydrogens (tertiary/aromatic N) is 2. The first-order valence-corrected chi connectivity index (χ1v) is 7.41. The maximum absolute atomic E-state index is 11.2. The molecule has 0 radical (unpaired) electrons. The Morgan fingerprint density at radius 3 is 1.45 bits per heavy atom. The number of aliphatic carboxylic acids is 2. The van der Waals surface area contributed by atoms with E-state index in [0.29, 0.717) is 4.90 Å². The molecule has 0 aliphatic rings. The van der Waals surface area contributed by atoms with Crippen molar-refractivity contribution in [2.24, 2.45) is 23.1 Å². The lowest BCUT2D eigenvalue weighted by Crippen LogP contribution is -2.43. The molecule has 0 aliphatic carbocycles. The summed E-state index contributed by atoms with van der Waals surface area (Å²) < 4.78 is 0. The minimum atomic E-state index is -1.66. The number of amides is 4. The summed E-state index contributed by atoms with van der Waals surface area (Å²) in [6, 6.07) is 0.280. The van der Waals surface area contributed by atoms with Crippen LogP contribution in [0.4, 0.5) is 4.79 Å². The van der Waals surface area contributed by atoms with Gasteiger partial charge in [-0.15, -0.1) is 0 Å². The Hall–Kier alpha value is -4.28. The van der Waals surface area contributed by atoms with Crippen LogP contribution in [0.15, 0.2) is 12.2 Å². The maximum atomic E-state index is 11.2. The normalized spacial score (nSPS) is 10.2. The van der Waals surface area contributed by atoms with E-state index in [4.69, 9.17) is 32.7 Å². The summed E-state index contributed by atoms with van der Waals surface area (Å²) in [5.74, 6) is -7.66. The average molecular weight is 413 g/mol. The van der Waals surface area contributed by atoms with Gasteiger partial charge in [0.25, 0.3) is 0 Å². The van der Waals surface area contributed by atoms with Gasteiger partial charge in [-0.05, 0) is 0 Å². The molecular formula is C15H19N5O9. The fourth-order valence-corrected chi connectivity index (χ4v) is 1.54. The number of hydrogen-bond acceptors (Lipinski definition) is 8. The summed E-state index contributed by atoms with van der Waals surface area (Å²) in [7, 11) is 0. The van der Waals surface area contributed by atoms with Gasteiger partial charge in [0.15, 0.2) is 17.5 Å². The third-order valence-electron chi connectivity index (χ3n) is 2.79. The van der Waals surface area contributed by atoms with Crippen LogP contribution in [0, 0.1) is 17.2 Å². The molecule has 14 heteroatoms. The van der Waals surface area contributed by atoms with Crippen LogP contribution in [0.2, 0.25) is 0 Å². The molecule has 1 unspecified atom stereocenters. The zero-order valence-electron chi connectivity index (χ0n) is 15.0. The molecule has 1 atom stereocenters. The quantitative estimate of drug-likeness (QED) is 0.170. The van der Waals surface area contributed by atoms with Crippen molar-refractivity contribution >= 4 is 41.4 Å². The lowest BCUT2D eigenvalue weighted by atomic mass is 10.0. The largest absolute Gasteiger partial charge is 0.480 e. The standard InChI is InChI=1S/C9H14N4O5.C6H5NO4/c10-7(16)1-5(14)3-13(9(12)18)4-6(15)2-8(11)17;1-3(5(8)9)4(2-7)6(10)11/h1-4H2,(H2,10,16)(H2,11,17)(H2,12,18);4H,1H2,(H,8,9)(H,10,11). The number of urea groups is 1. The monoisotopic (exact) mass is 413 g/mol. The van der Waals surface area contributed by atoms with Crippen molar-refractivity contribution in [2.45, 2.75) is 12.8 Å². The van der Waals surface area contributed by atoms with Gasteiger partial charge in [-0.25, -0.2) is 9.59 Å². The average Bonchev–Trinajstić information content (AvgIpc) is 2.53. The van der Waals surface area contributed by atoms with E-state index in [1.807, 2.05) is 0 Å². The molecule has 0 saturated carbocycles. The predicted molar refractivity (Wildman–Crippen MR) is 92.3 cm³/mol. The molecule has 0 aliphatic heterocycles. The van der Waals surface area contributed by atoms with Gasteiger partial charge >= 0.3 is 18.0 Å². The second-order valence-corrected chi connectivity index (χ2v) is 5.29. The number of carboxylic acids is 2. The van der Waals surface area contributed by atoms with Crippen LogP contribution < -0.4 is 17.2 Å². The third kappa shape index (κ3) is 12.7. The van der Waals surface area contributed by atoms with Gasteiger partial charge < -0.3 is 32.3 Å². The van der Waals surface area contributed by atoms with E-state index in [2.05, 4.69) is 6.58 Å². The number of nitriles is 1. The summed E-state index contributed by atoms with van der Waals surface area (Å²) in [6.07, 6.45) is -1.12. The molecule has 29 heavy (non-hydrogen) atoms. The number of primary amides is 3. The molecule has 4 amide bonds. The number of ketones is 2. The van der Waals surface area contributed by atoms with E-state index in [1.54, 1.807) is 0 Å². The molecule has 158 valence electrons. The van der Waals surface area contributed by atoms with Crippen LogP contribution in [-0.2, 0) is 28.8 Å². The minimum Gasteiger partial charge on any atom is -0.480 e. The summed E-state index contributed by atoms with van der Waals surface area (Å²) in [4.78, 5) is 75.3. The van der Waals surface area contributed by atoms with Crippen molar-refractivity contribution in [2.75, 3.05) is 13.1 Å². The van der Waals surface area contributed by atoms with Crippen LogP contribution in [0.5, 0.6) is 0 Å². The van der Waals surface area contributed by atoms with Gasteiger partial charge in [0.2, 0.25) is 11.8 Å². The highest BCUT2D eigenvalue weighted by Crippen LogP contribution is 2.07. The highest BCUT2D eigenvalue weighted by molar-refractivity contribution is 6.01. The molecule has 0 fully saturated rings. The number of nitrogens with two attached hydrogens (primary N) is 3. The number of hydrogen-bond donors (Lipinski definition) is 5. The molecule has 14 nitrogen and oxygen atoms in total. The van der Waals surface area contributed by atoms with Crippen LogP contribution in [0.1, 0.15) is 12.8 Å². The zero-order chi connectivity index (χ0) is 23.3. The lowest BCUT2D eigenvalue weighted by molar-refractivity contribution is -0.142. The molecule has 0 aromatic rings. The van der Waals surface area contributed by atoms with Crippen molar-refractivity contribution < 1.29 is 43.8 Å². The molecule has 0 aromatic heterocycles.